The van der Waals surface area contributed by atoms with E-state index in [9.17, 15) is 9.90 Å². The maximum Gasteiger partial charge on any atom is 0.346 e. The van der Waals surface area contributed by atoms with Crippen LogP contribution in [-0.4, -0.2) is 59.9 Å². The fourth-order valence-electron chi connectivity index (χ4n) is 5.76. The summed E-state index contributed by atoms with van der Waals surface area (Å²) < 4.78 is 8.64. The number of hydrogen-bond acceptors (Lipinski definition) is 4. The van der Waals surface area contributed by atoms with Crippen molar-refractivity contribution in [2.75, 3.05) is 27.2 Å². The number of nitrogens with zero attached hydrogens (tertiary/aromatic N) is 2. The fraction of sp³-hybridized carbons (Fsp3) is 0.464. The van der Waals surface area contributed by atoms with E-state index >= 15 is 0 Å². The number of rotatable bonds is 6. The topological polar surface area (TPSA) is 66.7 Å². The van der Waals surface area contributed by atoms with Gasteiger partial charge in [-0.3, -0.25) is 0 Å². The zero-order valence-electron chi connectivity index (χ0n) is 20.2. The molecule has 6 nitrogen and oxygen atoms in total. The number of aliphatic carboxylic acids is 1. The summed E-state index contributed by atoms with van der Waals surface area (Å²) in [6.45, 7) is 2.06. The molecule has 2 heterocycles. The molecule has 0 spiro atoms. The normalized spacial score (nSPS) is 20.9. The Morgan fingerprint density at radius 3 is 2.59 bits per heavy atom. The first-order chi connectivity index (χ1) is 16.5. The molecule has 1 aromatic heterocycles. The Balaban J connectivity index is 1.70. The highest BCUT2D eigenvalue weighted by molar-refractivity contribution is 5.94. The predicted octanol–water partition coefficient (Wildman–Crippen LogP) is 4.72. The van der Waals surface area contributed by atoms with Crippen LogP contribution in [0.4, 0.5) is 0 Å². The molecule has 2 atom stereocenters. The number of nitrogens with one attached hydrogen (secondary N) is 1. The van der Waals surface area contributed by atoms with Crippen molar-refractivity contribution in [3.63, 3.8) is 0 Å². The van der Waals surface area contributed by atoms with Gasteiger partial charge < -0.3 is 24.6 Å². The Kier molecular flexibility index (Phi) is 6.61. The van der Waals surface area contributed by atoms with Gasteiger partial charge in [-0.15, -0.1) is 0 Å². The third-order valence-corrected chi connectivity index (χ3v) is 7.37. The van der Waals surface area contributed by atoms with Gasteiger partial charge >= 0.3 is 5.97 Å². The first kappa shape index (κ1) is 22.9. The Morgan fingerprint density at radius 1 is 1.09 bits per heavy atom. The first-order valence-corrected chi connectivity index (χ1v) is 12.5. The number of benzene rings is 2. The minimum absolute atomic E-state index is 0.362. The van der Waals surface area contributed by atoms with E-state index in [4.69, 9.17) is 4.74 Å². The van der Waals surface area contributed by atoms with Crippen LogP contribution in [0.15, 0.2) is 48.5 Å². The highest BCUT2D eigenvalue weighted by Crippen LogP contribution is 2.47. The van der Waals surface area contributed by atoms with Gasteiger partial charge in [-0.25, -0.2) is 4.79 Å². The van der Waals surface area contributed by atoms with Crippen molar-refractivity contribution in [3.8, 4) is 17.0 Å². The van der Waals surface area contributed by atoms with Crippen LogP contribution in [0.25, 0.3) is 22.2 Å². The molecule has 0 amide bonds. The molecule has 0 saturated heterocycles. The molecule has 2 unspecified atom stereocenters. The van der Waals surface area contributed by atoms with Gasteiger partial charge in [-0.1, -0.05) is 49.6 Å². The number of carboxylic acid groups (broad SMARTS) is 1. The molecule has 2 aromatic carbocycles. The third kappa shape index (κ3) is 4.32. The number of likely N-dealkylation sites (N-methyl/N-ethyl adjacent to an activating group) is 1. The third-order valence-electron chi connectivity index (χ3n) is 7.37. The second-order valence-corrected chi connectivity index (χ2v) is 9.96. The Hall–Kier alpha value is -2.83. The minimum atomic E-state index is -0.976. The molecule has 0 bridgehead atoms. The highest BCUT2D eigenvalue weighted by Gasteiger charge is 2.36. The van der Waals surface area contributed by atoms with Crippen LogP contribution in [0, 0.1) is 0 Å². The van der Waals surface area contributed by atoms with Crippen molar-refractivity contribution in [2.24, 2.45) is 0 Å². The molecule has 6 heteroatoms. The van der Waals surface area contributed by atoms with Crippen molar-refractivity contribution in [3.05, 3.63) is 54.1 Å². The van der Waals surface area contributed by atoms with Gasteiger partial charge in [-0.05, 0) is 56.6 Å². The Bertz CT molecular complexity index is 1160. The lowest BCUT2D eigenvalue weighted by molar-refractivity contribution is -0.146. The standard InChI is InChI=1S/C28H35N3O3/c1-30(2)17-16-29-22-18-31-23-14-8-6-12-20(23)25(19-10-4-3-5-11-19)26(31)21-13-7-9-15-24(21)34-27(22)28(32)33/h6-9,12-15,19,22,27,29H,3-5,10-11,16-18H2,1-2H3,(H,32,33). The smallest absolute Gasteiger partial charge is 0.346 e. The number of para-hydroxylation sites is 2. The molecule has 0 radical (unpaired) electrons. The van der Waals surface area contributed by atoms with Gasteiger partial charge in [0.15, 0.2) is 0 Å². The van der Waals surface area contributed by atoms with Gasteiger partial charge in [0.2, 0.25) is 6.10 Å². The summed E-state index contributed by atoms with van der Waals surface area (Å²) in [5, 5.41) is 14.9. The van der Waals surface area contributed by atoms with Gasteiger partial charge in [-0.2, -0.15) is 0 Å². The monoisotopic (exact) mass is 461 g/mol. The van der Waals surface area contributed by atoms with E-state index < -0.39 is 12.1 Å². The lowest BCUT2D eigenvalue weighted by Crippen LogP contribution is -2.52. The van der Waals surface area contributed by atoms with Crippen molar-refractivity contribution >= 4 is 16.9 Å². The molecule has 1 aliphatic carbocycles. The van der Waals surface area contributed by atoms with Crippen molar-refractivity contribution < 1.29 is 14.6 Å². The number of carbonyl (C=O) groups is 1. The number of hydrogen-bond donors (Lipinski definition) is 2. The van der Waals surface area contributed by atoms with Crippen LogP contribution in [0.1, 0.15) is 43.6 Å². The van der Waals surface area contributed by atoms with E-state index in [2.05, 4.69) is 45.1 Å². The van der Waals surface area contributed by atoms with Crippen LogP contribution in [-0.2, 0) is 11.3 Å². The minimum Gasteiger partial charge on any atom is -0.478 e. The zero-order chi connectivity index (χ0) is 23.7. The van der Waals surface area contributed by atoms with Crippen LogP contribution < -0.4 is 10.1 Å². The molecule has 1 aliphatic heterocycles. The summed E-state index contributed by atoms with van der Waals surface area (Å²) in [6.07, 6.45) is 5.26. The van der Waals surface area contributed by atoms with Crippen LogP contribution in [0.2, 0.25) is 0 Å². The second kappa shape index (κ2) is 9.80. The van der Waals surface area contributed by atoms with Crippen LogP contribution >= 0.6 is 0 Å². The highest BCUT2D eigenvalue weighted by atomic mass is 16.5. The summed E-state index contributed by atoms with van der Waals surface area (Å²) in [6, 6.07) is 16.2. The molecular formula is C28H35N3O3. The molecule has 5 rings (SSSR count). The molecule has 3 aromatic rings. The van der Waals surface area contributed by atoms with Gasteiger partial charge in [0.25, 0.3) is 0 Å². The molecule has 2 aliphatic rings. The number of ether oxygens (including phenoxy) is 1. The summed E-state index contributed by atoms with van der Waals surface area (Å²) in [5.74, 6) is 0.220. The van der Waals surface area contributed by atoms with E-state index in [1.54, 1.807) is 0 Å². The zero-order valence-corrected chi connectivity index (χ0v) is 20.2. The van der Waals surface area contributed by atoms with Gasteiger partial charge in [0.1, 0.15) is 5.75 Å². The van der Waals surface area contributed by atoms with E-state index in [0.717, 1.165) is 12.1 Å². The maximum absolute atomic E-state index is 12.4. The Labute approximate surface area is 201 Å². The van der Waals surface area contributed by atoms with E-state index in [1.807, 2.05) is 32.3 Å². The first-order valence-electron chi connectivity index (χ1n) is 12.5. The average Bonchev–Trinajstić information content (AvgIpc) is 3.14. The van der Waals surface area contributed by atoms with E-state index in [1.165, 1.54) is 54.3 Å². The average molecular weight is 462 g/mol. The van der Waals surface area contributed by atoms with Crippen molar-refractivity contribution in [1.29, 1.82) is 0 Å². The molecule has 180 valence electrons. The van der Waals surface area contributed by atoms with Gasteiger partial charge in [0.05, 0.1) is 11.7 Å². The maximum atomic E-state index is 12.4. The SMILES string of the molecule is CN(C)CCNC1Cn2c(c(C3CCCCC3)c3ccccc32)-c2ccccc2OC1C(=O)O. The van der Waals surface area contributed by atoms with Crippen LogP contribution in [0.3, 0.4) is 0 Å². The number of fused-ring (bicyclic) bond motifs is 5. The number of aromatic nitrogens is 1. The molecule has 34 heavy (non-hydrogen) atoms. The van der Waals surface area contributed by atoms with Gasteiger partial charge in [0, 0.05) is 36.1 Å². The lowest BCUT2D eigenvalue weighted by Gasteiger charge is -2.32. The summed E-state index contributed by atoms with van der Waals surface area (Å²) >= 11 is 0. The second-order valence-electron chi connectivity index (χ2n) is 9.96. The van der Waals surface area contributed by atoms with E-state index in [0.29, 0.717) is 24.8 Å². The predicted molar refractivity (Wildman–Crippen MR) is 136 cm³/mol. The molecule has 1 saturated carbocycles. The van der Waals surface area contributed by atoms with Crippen molar-refractivity contribution in [1.82, 2.24) is 14.8 Å². The fourth-order valence-corrected chi connectivity index (χ4v) is 5.76. The molecular weight excluding hydrogens is 426 g/mol. The largest absolute Gasteiger partial charge is 0.478 e. The molecule has 2 N–H and O–H groups in total. The number of carboxylic acids is 1. The quantitative estimate of drug-likeness (QED) is 0.556. The Morgan fingerprint density at radius 2 is 1.82 bits per heavy atom. The summed E-state index contributed by atoms with van der Waals surface area (Å²) in [7, 11) is 4.05. The summed E-state index contributed by atoms with van der Waals surface area (Å²) in [4.78, 5) is 14.5. The van der Waals surface area contributed by atoms with Crippen LogP contribution in [0.5, 0.6) is 5.75 Å². The lowest BCUT2D eigenvalue weighted by atomic mass is 9.81. The van der Waals surface area contributed by atoms with Crippen molar-refractivity contribution in [2.45, 2.75) is 56.7 Å². The molecule has 1 fully saturated rings. The van der Waals surface area contributed by atoms with E-state index in [-0.39, 0.29) is 6.04 Å². The summed E-state index contributed by atoms with van der Waals surface area (Å²) in [5.41, 5.74) is 4.79.